The summed E-state index contributed by atoms with van der Waals surface area (Å²) in [6.07, 6.45) is 0.414. The van der Waals surface area contributed by atoms with E-state index >= 15 is 0 Å². The number of carbonyl (C=O) groups is 1. The van der Waals surface area contributed by atoms with Crippen LogP contribution in [-0.2, 0) is 24.8 Å². The largest absolute Gasteiger partial charge is 0.350 e. The predicted octanol–water partition coefficient (Wildman–Crippen LogP) is 1.59. The third-order valence-corrected chi connectivity index (χ3v) is 2.77. The molecule has 0 unspecified atom stereocenters. The molecule has 1 aromatic carbocycles. The van der Waals surface area contributed by atoms with Crippen molar-refractivity contribution in [1.29, 1.82) is 0 Å². The van der Waals surface area contributed by atoms with Crippen molar-refractivity contribution in [2.24, 2.45) is 7.05 Å². The molecule has 0 saturated heterocycles. The molecule has 0 aliphatic rings. The summed E-state index contributed by atoms with van der Waals surface area (Å²) in [7, 11) is 1.88. The average molecular weight is 243 g/mol. The van der Waals surface area contributed by atoms with E-state index in [9.17, 15) is 4.79 Å². The monoisotopic (exact) mass is 243 g/mol. The number of nitrogens with zero attached hydrogens (tertiary/aromatic N) is 2. The van der Waals surface area contributed by atoms with Crippen LogP contribution in [0.25, 0.3) is 0 Å². The molecule has 2 rings (SSSR count). The summed E-state index contributed by atoms with van der Waals surface area (Å²) in [6, 6.07) is 11.7. The lowest BCUT2D eigenvalue weighted by Crippen LogP contribution is -2.25. The molecule has 0 radical (unpaired) electrons. The predicted molar refractivity (Wildman–Crippen MR) is 69.9 cm³/mol. The first-order valence-electron chi connectivity index (χ1n) is 5.95. The van der Waals surface area contributed by atoms with Crippen LogP contribution in [0.2, 0.25) is 0 Å². The van der Waals surface area contributed by atoms with Gasteiger partial charge in [0.05, 0.1) is 24.4 Å². The van der Waals surface area contributed by atoms with Crippen molar-refractivity contribution in [2.45, 2.75) is 19.9 Å². The molecular formula is C14H17N3O. The van der Waals surface area contributed by atoms with E-state index in [-0.39, 0.29) is 5.91 Å². The van der Waals surface area contributed by atoms with Gasteiger partial charge in [-0.05, 0) is 18.6 Å². The number of hydrogen-bond acceptors (Lipinski definition) is 2. The SMILES string of the molecule is Cc1cc(CNC(=O)Cc2ccccc2)n(C)n1. The summed E-state index contributed by atoms with van der Waals surface area (Å²) in [5.74, 6) is 0.0278. The first kappa shape index (κ1) is 12.4. The van der Waals surface area contributed by atoms with E-state index < -0.39 is 0 Å². The highest BCUT2D eigenvalue weighted by atomic mass is 16.1. The maximum Gasteiger partial charge on any atom is 0.224 e. The van der Waals surface area contributed by atoms with Crippen molar-refractivity contribution >= 4 is 5.91 Å². The minimum Gasteiger partial charge on any atom is -0.350 e. The molecule has 0 atom stereocenters. The molecule has 1 N–H and O–H groups in total. The summed E-state index contributed by atoms with van der Waals surface area (Å²) in [5, 5.41) is 7.14. The maximum absolute atomic E-state index is 11.8. The van der Waals surface area contributed by atoms with Gasteiger partial charge in [-0.2, -0.15) is 5.10 Å². The number of benzene rings is 1. The molecule has 1 amide bonds. The lowest BCUT2D eigenvalue weighted by atomic mass is 10.1. The van der Waals surface area contributed by atoms with Crippen molar-refractivity contribution in [3.63, 3.8) is 0 Å². The van der Waals surface area contributed by atoms with Gasteiger partial charge in [0.1, 0.15) is 0 Å². The minimum absolute atomic E-state index is 0.0278. The van der Waals surface area contributed by atoms with E-state index in [4.69, 9.17) is 0 Å². The molecule has 1 heterocycles. The molecular weight excluding hydrogens is 226 g/mol. The fraction of sp³-hybridized carbons (Fsp3) is 0.286. The van der Waals surface area contributed by atoms with Gasteiger partial charge < -0.3 is 5.32 Å². The van der Waals surface area contributed by atoms with Crippen LogP contribution >= 0.6 is 0 Å². The number of nitrogens with one attached hydrogen (secondary N) is 1. The Morgan fingerprint density at radius 1 is 1.33 bits per heavy atom. The third-order valence-electron chi connectivity index (χ3n) is 2.77. The van der Waals surface area contributed by atoms with Gasteiger partial charge in [0.15, 0.2) is 0 Å². The van der Waals surface area contributed by atoms with Crippen LogP contribution in [0.1, 0.15) is 17.0 Å². The molecule has 0 saturated carbocycles. The van der Waals surface area contributed by atoms with Gasteiger partial charge in [-0.3, -0.25) is 9.48 Å². The molecule has 94 valence electrons. The van der Waals surface area contributed by atoms with Gasteiger partial charge >= 0.3 is 0 Å². The second-order valence-corrected chi connectivity index (χ2v) is 4.34. The Balaban J connectivity index is 1.87. The van der Waals surface area contributed by atoms with Crippen molar-refractivity contribution in [1.82, 2.24) is 15.1 Å². The van der Waals surface area contributed by atoms with E-state index in [0.29, 0.717) is 13.0 Å². The topological polar surface area (TPSA) is 46.9 Å². The summed E-state index contributed by atoms with van der Waals surface area (Å²) in [4.78, 5) is 11.8. The van der Waals surface area contributed by atoms with Crippen LogP contribution in [0.15, 0.2) is 36.4 Å². The van der Waals surface area contributed by atoms with Gasteiger partial charge in [0, 0.05) is 7.05 Å². The molecule has 4 heteroatoms. The van der Waals surface area contributed by atoms with Crippen molar-refractivity contribution < 1.29 is 4.79 Å². The van der Waals surface area contributed by atoms with Crippen LogP contribution in [0.4, 0.5) is 0 Å². The minimum atomic E-state index is 0.0278. The molecule has 0 fully saturated rings. The molecule has 0 bridgehead atoms. The summed E-state index contributed by atoms with van der Waals surface area (Å²) in [6.45, 7) is 2.46. The number of aromatic nitrogens is 2. The fourth-order valence-electron chi connectivity index (χ4n) is 1.86. The van der Waals surface area contributed by atoms with E-state index in [1.165, 1.54) is 0 Å². The number of rotatable bonds is 4. The van der Waals surface area contributed by atoms with Crippen molar-refractivity contribution in [3.8, 4) is 0 Å². The highest BCUT2D eigenvalue weighted by Crippen LogP contribution is 2.02. The second-order valence-electron chi connectivity index (χ2n) is 4.34. The van der Waals surface area contributed by atoms with Crippen molar-refractivity contribution in [2.75, 3.05) is 0 Å². The molecule has 2 aromatic rings. The Hall–Kier alpha value is -2.10. The summed E-state index contributed by atoms with van der Waals surface area (Å²) < 4.78 is 1.79. The standard InChI is InChI=1S/C14H17N3O/c1-11-8-13(17(2)16-11)10-15-14(18)9-12-6-4-3-5-7-12/h3-8H,9-10H2,1-2H3,(H,15,18). The van der Waals surface area contributed by atoms with Gasteiger partial charge in [-0.1, -0.05) is 30.3 Å². The second kappa shape index (κ2) is 5.49. The van der Waals surface area contributed by atoms with Gasteiger partial charge in [-0.15, -0.1) is 0 Å². The van der Waals surface area contributed by atoms with Crippen LogP contribution < -0.4 is 5.32 Å². The van der Waals surface area contributed by atoms with Crippen LogP contribution in [-0.4, -0.2) is 15.7 Å². The molecule has 0 aliphatic heterocycles. The fourth-order valence-corrected chi connectivity index (χ4v) is 1.86. The Labute approximate surface area is 107 Å². The van der Waals surface area contributed by atoms with Gasteiger partial charge in [0.25, 0.3) is 0 Å². The molecule has 4 nitrogen and oxygen atoms in total. The van der Waals surface area contributed by atoms with Gasteiger partial charge in [-0.25, -0.2) is 0 Å². The normalized spacial score (nSPS) is 10.3. The smallest absolute Gasteiger partial charge is 0.224 e. The third kappa shape index (κ3) is 3.20. The molecule has 0 spiro atoms. The first-order valence-corrected chi connectivity index (χ1v) is 5.95. The zero-order chi connectivity index (χ0) is 13.0. The quantitative estimate of drug-likeness (QED) is 0.886. The van der Waals surface area contributed by atoms with E-state index in [1.807, 2.05) is 50.4 Å². The lowest BCUT2D eigenvalue weighted by molar-refractivity contribution is -0.120. The number of carbonyl (C=O) groups excluding carboxylic acids is 1. The van der Waals surface area contributed by atoms with Crippen molar-refractivity contribution in [3.05, 3.63) is 53.3 Å². The number of amides is 1. The molecule has 0 aliphatic carbocycles. The highest BCUT2D eigenvalue weighted by Gasteiger charge is 2.05. The maximum atomic E-state index is 11.8. The molecule has 18 heavy (non-hydrogen) atoms. The highest BCUT2D eigenvalue weighted by molar-refractivity contribution is 5.78. The van der Waals surface area contributed by atoms with Crippen LogP contribution in [0.3, 0.4) is 0 Å². The van der Waals surface area contributed by atoms with Gasteiger partial charge in [0.2, 0.25) is 5.91 Å². The summed E-state index contributed by atoms with van der Waals surface area (Å²) in [5.41, 5.74) is 3.00. The average Bonchev–Trinajstić information content (AvgIpc) is 2.66. The molecule has 1 aromatic heterocycles. The number of hydrogen-bond donors (Lipinski definition) is 1. The van der Waals surface area contributed by atoms with E-state index in [2.05, 4.69) is 10.4 Å². The zero-order valence-corrected chi connectivity index (χ0v) is 10.7. The van der Waals surface area contributed by atoms with Crippen LogP contribution in [0.5, 0.6) is 0 Å². The first-order chi connectivity index (χ1) is 8.65. The summed E-state index contributed by atoms with van der Waals surface area (Å²) >= 11 is 0. The lowest BCUT2D eigenvalue weighted by Gasteiger charge is -2.05. The van der Waals surface area contributed by atoms with E-state index in [1.54, 1.807) is 4.68 Å². The van der Waals surface area contributed by atoms with E-state index in [0.717, 1.165) is 17.0 Å². The zero-order valence-electron chi connectivity index (χ0n) is 10.7. The number of aryl methyl sites for hydroxylation is 2. The van der Waals surface area contributed by atoms with Crippen LogP contribution in [0, 0.1) is 6.92 Å². The Kier molecular flexibility index (Phi) is 3.77. The Morgan fingerprint density at radius 2 is 2.06 bits per heavy atom. The Morgan fingerprint density at radius 3 is 2.67 bits per heavy atom. The Bertz CT molecular complexity index is 531.